The number of likely N-dealkylation sites (N-methyl/N-ethyl adjacent to an activating group) is 1. The summed E-state index contributed by atoms with van der Waals surface area (Å²) in [5.74, 6) is -0.126. The van der Waals surface area contributed by atoms with E-state index in [2.05, 4.69) is 68.0 Å². The lowest BCUT2D eigenvalue weighted by molar-refractivity contribution is -0.143. The van der Waals surface area contributed by atoms with Gasteiger partial charge in [0.2, 0.25) is 23.7 Å². The highest BCUT2D eigenvalue weighted by atomic mass is 32.2. The summed E-state index contributed by atoms with van der Waals surface area (Å²) in [6.45, 7) is 16.5. The van der Waals surface area contributed by atoms with E-state index in [0.717, 1.165) is 58.3 Å². The molecule has 6 heterocycles. The lowest BCUT2D eigenvalue weighted by Gasteiger charge is -2.39. The maximum absolute atomic E-state index is 15.2. The molecule has 24 heteroatoms. The van der Waals surface area contributed by atoms with Crippen LogP contribution in [0, 0.1) is 19.8 Å². The minimum Gasteiger partial charge on any atom is -0.491 e. The van der Waals surface area contributed by atoms with Crippen LogP contribution in [0.15, 0.2) is 109 Å². The second-order valence-corrected chi connectivity index (χ2v) is 28.6. The number of hydrogen-bond acceptors (Lipinski definition) is 17. The standard InChI is InChI=1S/C69H82N14O9S/c1-8-82(68(88)92-60-51-22-13-11-20-49(51)50-21-12-14-23-52(50)60)44(4)63(84)75-59(66(87)83-28-16-25-56(83)64(85)74-54-24-15-18-45-17-9-10-19-48(45)54)46-26-29-80(30-27-46)65(86)47-39-70-67(71-40-47)81-33-31-79(32-34-81)35-36-91-57-38-55-53(37-58(57)93(89,90)69(5,6)7)62(73-41-72-55)76-61-42(2)43(3)77-78-61/h9-14,17,19-23,37-41,44,46,54,56,59-60H,8,15-16,18,24-36H2,1-7H3,(H,74,85)(H,75,84)(H2,72,73,76,77,78)/t44-,54+,56-,59-/m0/s1. The molecule has 7 aromatic rings. The van der Waals surface area contributed by atoms with Crippen LogP contribution in [0.5, 0.6) is 5.75 Å². The molecule has 3 aliphatic heterocycles. The van der Waals surface area contributed by atoms with Crippen molar-refractivity contribution >= 4 is 68.0 Å². The monoisotopic (exact) mass is 1280 g/mol. The van der Waals surface area contributed by atoms with Crippen molar-refractivity contribution < 1.29 is 41.9 Å². The Kier molecular flexibility index (Phi) is 18.5. The summed E-state index contributed by atoms with van der Waals surface area (Å²) in [6, 6.07) is 24.0. The largest absolute Gasteiger partial charge is 0.491 e. The van der Waals surface area contributed by atoms with Gasteiger partial charge < -0.3 is 40.1 Å². The molecule has 5 amide bonds. The summed E-state index contributed by atoms with van der Waals surface area (Å²) in [5, 5.41) is 17.4. The van der Waals surface area contributed by atoms with Crippen molar-refractivity contribution in [1.82, 2.24) is 60.4 Å². The first-order valence-corrected chi connectivity index (χ1v) is 33.9. The molecule has 3 fully saturated rings. The summed E-state index contributed by atoms with van der Waals surface area (Å²) >= 11 is 0. The van der Waals surface area contributed by atoms with Crippen LogP contribution in [0.3, 0.4) is 0 Å². The Morgan fingerprint density at radius 1 is 0.785 bits per heavy atom. The number of nitrogens with one attached hydrogen (secondary N) is 4. The van der Waals surface area contributed by atoms with E-state index in [1.807, 2.05) is 74.5 Å². The fraction of sp³-hybridized carbons (Fsp3) is 0.449. The number of hydrogen-bond donors (Lipinski definition) is 4. The summed E-state index contributed by atoms with van der Waals surface area (Å²) in [6.07, 6.45) is 7.64. The number of fused-ring (bicyclic) bond motifs is 5. The maximum atomic E-state index is 15.2. The average Bonchev–Trinajstić information content (AvgIpc) is 1.30. The van der Waals surface area contributed by atoms with Gasteiger partial charge in [0.25, 0.3) is 5.91 Å². The van der Waals surface area contributed by atoms with E-state index in [9.17, 15) is 27.6 Å². The van der Waals surface area contributed by atoms with Crippen molar-refractivity contribution in [3.8, 4) is 16.9 Å². The molecule has 3 aromatic heterocycles. The Hall–Kier alpha value is -9.03. The molecule has 4 atom stereocenters. The van der Waals surface area contributed by atoms with Crippen molar-refractivity contribution in [3.05, 3.63) is 143 Å². The minimum absolute atomic E-state index is 0.0477. The predicted molar refractivity (Wildman–Crippen MR) is 352 cm³/mol. The zero-order chi connectivity index (χ0) is 65.3. The van der Waals surface area contributed by atoms with Gasteiger partial charge in [0.15, 0.2) is 21.8 Å². The van der Waals surface area contributed by atoms with Crippen molar-refractivity contribution in [1.29, 1.82) is 0 Å². The van der Waals surface area contributed by atoms with Crippen molar-refractivity contribution in [3.63, 3.8) is 0 Å². The van der Waals surface area contributed by atoms with Gasteiger partial charge in [-0.15, -0.1) is 0 Å². The molecule has 0 spiro atoms. The summed E-state index contributed by atoms with van der Waals surface area (Å²) in [4.78, 5) is 99.9. The van der Waals surface area contributed by atoms with Gasteiger partial charge in [0, 0.05) is 105 Å². The van der Waals surface area contributed by atoms with Crippen LogP contribution in [0.2, 0.25) is 0 Å². The lowest BCUT2D eigenvalue weighted by Crippen LogP contribution is -2.60. The molecular formula is C69H82N14O9S. The van der Waals surface area contributed by atoms with Crippen molar-refractivity contribution in [2.75, 3.05) is 75.7 Å². The number of sulfone groups is 1. The summed E-state index contributed by atoms with van der Waals surface area (Å²) in [7, 11) is -3.88. The fourth-order valence-electron chi connectivity index (χ4n) is 13.6. The molecule has 0 radical (unpaired) electrons. The first kappa shape index (κ1) is 64.1. The van der Waals surface area contributed by atoms with E-state index in [4.69, 9.17) is 9.47 Å². The zero-order valence-corrected chi connectivity index (χ0v) is 54.7. The third-order valence-electron chi connectivity index (χ3n) is 19.3. The average molecular weight is 1280 g/mol. The summed E-state index contributed by atoms with van der Waals surface area (Å²) in [5.41, 5.74) is 8.60. The first-order chi connectivity index (χ1) is 44.8. The molecule has 0 saturated carbocycles. The molecule has 23 nitrogen and oxygen atoms in total. The summed E-state index contributed by atoms with van der Waals surface area (Å²) < 4.78 is 39.7. The molecule has 4 N–H and O–H groups in total. The van der Waals surface area contributed by atoms with Gasteiger partial charge in [-0.3, -0.25) is 34.1 Å². The van der Waals surface area contributed by atoms with Gasteiger partial charge in [0.1, 0.15) is 47.5 Å². The van der Waals surface area contributed by atoms with Crippen LogP contribution in [0.1, 0.15) is 129 Å². The van der Waals surface area contributed by atoms with Crippen LogP contribution in [0.4, 0.5) is 22.4 Å². The normalized spacial score (nSPS) is 18.5. The van der Waals surface area contributed by atoms with Crippen LogP contribution < -0.4 is 25.6 Å². The SMILES string of the molecule is CCN(C(=O)OC1c2ccccc2-c2ccccc21)[C@@H](C)C(=O)N[C@H](C(=O)N1CCC[C@H]1C(=O)N[C@@H]1CCCc2ccccc21)C1CCN(C(=O)c2cnc(N3CCN(CCOc4cc5ncnc(Nc6n[nH]c(C)c6C)c5cc4S(=O)(=O)C(C)(C)C)CC3)nc2)CC1. The van der Waals surface area contributed by atoms with Crippen LogP contribution in [-0.4, -0.2) is 176 Å². The molecule has 0 bridgehead atoms. The van der Waals surface area contributed by atoms with E-state index in [1.54, 1.807) is 68.9 Å². The Morgan fingerprint density at radius 3 is 2.13 bits per heavy atom. The molecule has 2 aliphatic carbocycles. The van der Waals surface area contributed by atoms with Gasteiger partial charge >= 0.3 is 6.09 Å². The first-order valence-electron chi connectivity index (χ1n) is 32.5. The third-order valence-corrected chi connectivity index (χ3v) is 21.8. The molecule has 12 rings (SSSR count). The Bertz CT molecular complexity index is 4020. The Balaban J connectivity index is 0.680. The minimum atomic E-state index is -3.88. The van der Waals surface area contributed by atoms with Gasteiger partial charge in [-0.05, 0) is 128 Å². The number of aromatic nitrogens is 6. The second-order valence-electron chi connectivity index (χ2n) is 25.9. The molecule has 0 unspecified atom stereocenters. The number of likely N-dealkylation sites (tertiary alicyclic amines) is 2. The van der Waals surface area contributed by atoms with Gasteiger partial charge in [-0.2, -0.15) is 5.10 Å². The number of benzene rings is 4. The second kappa shape index (κ2) is 26.9. The number of carbonyl (C=O) groups excluding carboxylic acids is 5. The number of rotatable bonds is 18. The Morgan fingerprint density at radius 2 is 1.46 bits per heavy atom. The van der Waals surface area contributed by atoms with Crippen molar-refractivity contribution in [2.24, 2.45) is 5.92 Å². The van der Waals surface area contributed by atoms with E-state index in [-0.39, 0.29) is 60.6 Å². The number of amides is 5. The Labute approximate surface area is 542 Å². The van der Waals surface area contributed by atoms with Crippen LogP contribution in [-0.2, 0) is 35.4 Å². The number of aromatic amines is 1. The fourth-order valence-corrected chi connectivity index (χ4v) is 14.9. The van der Waals surface area contributed by atoms with Gasteiger partial charge in [-0.1, -0.05) is 72.8 Å². The number of nitrogens with zero attached hydrogens (tertiary/aromatic N) is 10. The smallest absolute Gasteiger partial charge is 0.411 e. The van der Waals surface area contributed by atoms with Gasteiger partial charge in [0.05, 0.1) is 21.9 Å². The van der Waals surface area contributed by atoms with E-state index in [0.29, 0.717) is 99.0 Å². The van der Waals surface area contributed by atoms with Gasteiger partial charge in [-0.25, -0.2) is 33.1 Å². The molecular weight excluding hydrogens is 1200 g/mol. The van der Waals surface area contributed by atoms with Crippen molar-refractivity contribution in [2.45, 2.75) is 133 Å². The number of aryl methyl sites for hydroxylation is 2. The lowest BCUT2D eigenvalue weighted by atomic mass is 9.87. The molecule has 3 saturated heterocycles. The highest BCUT2D eigenvalue weighted by molar-refractivity contribution is 7.92. The number of H-pyrrole nitrogens is 1. The quantitative estimate of drug-likeness (QED) is 0.0628. The zero-order valence-electron chi connectivity index (χ0n) is 53.9. The third kappa shape index (κ3) is 13.1. The molecule has 4 aromatic carbocycles. The van der Waals surface area contributed by atoms with Crippen LogP contribution in [0.25, 0.3) is 22.0 Å². The molecule has 488 valence electrons. The van der Waals surface area contributed by atoms with E-state index in [1.165, 1.54) is 16.8 Å². The topological polar surface area (TPSA) is 270 Å². The molecule has 5 aliphatic rings. The number of carbonyl (C=O) groups is 5. The highest BCUT2D eigenvalue weighted by Gasteiger charge is 2.44. The number of piperidine rings is 1. The predicted octanol–water partition coefficient (Wildman–Crippen LogP) is 8.42. The number of ether oxygens (including phenoxy) is 2. The van der Waals surface area contributed by atoms with E-state index >= 15 is 4.79 Å². The molecule has 93 heavy (non-hydrogen) atoms. The number of piperazine rings is 1. The van der Waals surface area contributed by atoms with E-state index < -0.39 is 56.7 Å². The highest BCUT2D eigenvalue weighted by Crippen LogP contribution is 2.46. The maximum Gasteiger partial charge on any atom is 0.411 e. The van der Waals surface area contributed by atoms with Crippen LogP contribution >= 0.6 is 0 Å². The number of anilines is 3.